The first-order valence-corrected chi connectivity index (χ1v) is 16.2. The zero-order valence-electron chi connectivity index (χ0n) is 26.0. The maximum absolute atomic E-state index is 12.4. The van der Waals surface area contributed by atoms with Gasteiger partial charge in [0.25, 0.3) is 10.9 Å². The number of carbonyl (C=O) groups excluding carboxylic acids is 2. The van der Waals surface area contributed by atoms with Crippen molar-refractivity contribution >= 4 is 23.6 Å². The van der Waals surface area contributed by atoms with E-state index >= 15 is 0 Å². The number of amides is 1. The second-order valence-corrected chi connectivity index (χ2v) is 12.3. The van der Waals surface area contributed by atoms with E-state index in [1.54, 1.807) is 12.1 Å². The molecule has 1 amide bonds. The van der Waals surface area contributed by atoms with E-state index < -0.39 is 18.4 Å². The Morgan fingerprint density at radius 1 is 0.978 bits per heavy atom. The maximum Gasteiger partial charge on any atom is 0.303 e. The van der Waals surface area contributed by atoms with Gasteiger partial charge in [0.1, 0.15) is 0 Å². The highest BCUT2D eigenvalue weighted by molar-refractivity contribution is 7.99. The number of ether oxygens (including phenoxy) is 3. The number of aromatic nitrogens is 1. The van der Waals surface area contributed by atoms with Crippen LogP contribution in [0.2, 0.25) is 0 Å². The number of hydrogen-bond donors (Lipinski definition) is 2. The number of benzene rings is 3. The molecule has 1 aliphatic heterocycles. The second-order valence-electron chi connectivity index (χ2n) is 11.2. The van der Waals surface area contributed by atoms with Crippen molar-refractivity contribution in [2.75, 3.05) is 5.75 Å². The van der Waals surface area contributed by atoms with E-state index in [1.165, 1.54) is 31.8 Å². The molecule has 5 atom stereocenters. The molecule has 4 aromatic rings. The lowest BCUT2D eigenvalue weighted by molar-refractivity contribution is -0.645. The predicted molar refractivity (Wildman–Crippen MR) is 174 cm³/mol. The Kier molecular flexibility index (Phi) is 11.1. The highest BCUT2D eigenvalue weighted by Crippen LogP contribution is 2.43. The summed E-state index contributed by atoms with van der Waals surface area (Å²) in [7, 11) is 0. The fraction of sp³-hybridized carbons (Fsp3) is 0.306. The minimum absolute atomic E-state index is 0.0162. The van der Waals surface area contributed by atoms with E-state index in [0.717, 1.165) is 38.1 Å². The summed E-state index contributed by atoms with van der Waals surface area (Å²) < 4.78 is 19.0. The van der Waals surface area contributed by atoms with Crippen LogP contribution in [0.3, 0.4) is 0 Å². The molecule has 2 heterocycles. The van der Waals surface area contributed by atoms with Gasteiger partial charge < -0.3 is 29.8 Å². The minimum atomic E-state index is -0.880. The summed E-state index contributed by atoms with van der Waals surface area (Å²) in [5, 5.41) is 25.3. The highest BCUT2D eigenvalue weighted by Gasteiger charge is 2.38. The number of pyridine rings is 1. The fourth-order valence-corrected chi connectivity index (χ4v) is 6.49. The van der Waals surface area contributed by atoms with Crippen molar-refractivity contribution in [1.82, 2.24) is 5.32 Å². The number of aliphatic hydroxyl groups excluding tert-OH is 1. The molecule has 0 saturated carbocycles. The average molecular weight is 643 g/mol. The van der Waals surface area contributed by atoms with E-state index in [0.29, 0.717) is 10.8 Å². The number of nitrogens with zero attached hydrogens (tertiary/aromatic N) is 1. The molecule has 1 aromatic heterocycles. The SMILES string of the molecule is CC(=O)O[C@@H](C)C(=O)NCc1ccccc1-c1ccc([C@@H]2O[C@H](CSc3cccc[n+]3[O-])[C@H](C)[C@H](c3ccc(CO)cc3)O2)cc1. The van der Waals surface area contributed by atoms with E-state index in [1.807, 2.05) is 78.9 Å². The zero-order valence-corrected chi connectivity index (χ0v) is 26.8. The first kappa shape index (κ1) is 33.2. The molecular weight excluding hydrogens is 604 g/mol. The summed E-state index contributed by atoms with van der Waals surface area (Å²) in [5.41, 5.74) is 5.49. The van der Waals surface area contributed by atoms with Gasteiger partial charge in [0.2, 0.25) is 0 Å². The molecule has 9 nitrogen and oxygen atoms in total. The molecular formula is C36H38N2O7S. The molecule has 0 radical (unpaired) electrons. The van der Waals surface area contributed by atoms with Crippen LogP contribution in [0.25, 0.3) is 11.1 Å². The van der Waals surface area contributed by atoms with Crippen LogP contribution in [0.1, 0.15) is 55.4 Å². The van der Waals surface area contributed by atoms with Crippen molar-refractivity contribution in [1.29, 1.82) is 0 Å². The van der Waals surface area contributed by atoms with E-state index in [4.69, 9.17) is 14.2 Å². The van der Waals surface area contributed by atoms with Crippen molar-refractivity contribution in [3.63, 3.8) is 0 Å². The number of thioether (sulfide) groups is 1. The quantitative estimate of drug-likeness (QED) is 0.0935. The average Bonchev–Trinajstić information content (AvgIpc) is 3.07. The molecule has 0 aliphatic carbocycles. The fourth-order valence-electron chi connectivity index (χ4n) is 5.41. The van der Waals surface area contributed by atoms with Crippen LogP contribution in [0.4, 0.5) is 0 Å². The molecule has 2 N–H and O–H groups in total. The van der Waals surface area contributed by atoms with Crippen LogP contribution in [-0.4, -0.2) is 34.9 Å². The number of carbonyl (C=O) groups is 2. The van der Waals surface area contributed by atoms with Crippen LogP contribution in [0, 0.1) is 11.1 Å². The molecule has 240 valence electrons. The molecule has 1 fully saturated rings. The lowest BCUT2D eigenvalue weighted by Crippen LogP contribution is -2.39. The number of aliphatic hydroxyl groups is 1. The molecule has 0 bridgehead atoms. The Morgan fingerprint density at radius 3 is 2.37 bits per heavy atom. The predicted octanol–water partition coefficient (Wildman–Crippen LogP) is 5.63. The van der Waals surface area contributed by atoms with Gasteiger partial charge >= 0.3 is 5.97 Å². The van der Waals surface area contributed by atoms with Gasteiger partial charge in [-0.05, 0) is 40.8 Å². The molecule has 10 heteroatoms. The van der Waals surface area contributed by atoms with E-state index in [2.05, 4.69) is 12.2 Å². The van der Waals surface area contributed by atoms with Crippen LogP contribution in [0.15, 0.2) is 102 Å². The summed E-state index contributed by atoms with van der Waals surface area (Å²) in [5.74, 6) is -0.332. The molecule has 1 aliphatic rings. The van der Waals surface area contributed by atoms with Crippen LogP contribution < -0.4 is 10.0 Å². The van der Waals surface area contributed by atoms with Crippen molar-refractivity contribution < 1.29 is 33.6 Å². The maximum atomic E-state index is 12.4. The largest absolute Gasteiger partial charge is 0.618 e. The lowest BCUT2D eigenvalue weighted by atomic mass is 9.91. The normalized spacial score (nSPS) is 20.1. The lowest BCUT2D eigenvalue weighted by Gasteiger charge is -2.41. The van der Waals surface area contributed by atoms with E-state index in [-0.39, 0.29) is 37.2 Å². The molecule has 3 aromatic carbocycles. The monoisotopic (exact) mass is 642 g/mol. The number of nitrogens with one attached hydrogen (secondary N) is 1. The van der Waals surface area contributed by atoms with Gasteiger partial charge in [0, 0.05) is 42.8 Å². The summed E-state index contributed by atoms with van der Waals surface area (Å²) in [6.07, 6.45) is -0.529. The summed E-state index contributed by atoms with van der Waals surface area (Å²) in [4.78, 5) is 23.7. The van der Waals surface area contributed by atoms with Gasteiger partial charge in [-0.25, -0.2) is 0 Å². The first-order valence-electron chi connectivity index (χ1n) is 15.2. The Balaban J connectivity index is 1.35. The topological polar surface area (TPSA) is 121 Å². The summed E-state index contributed by atoms with van der Waals surface area (Å²) in [6.45, 7) is 5.14. The van der Waals surface area contributed by atoms with Crippen molar-refractivity contribution in [2.45, 2.75) is 63.6 Å². The smallest absolute Gasteiger partial charge is 0.303 e. The Hall–Kier alpha value is -4.22. The van der Waals surface area contributed by atoms with Crippen molar-refractivity contribution in [2.24, 2.45) is 5.92 Å². The van der Waals surface area contributed by atoms with Gasteiger partial charge in [-0.2, -0.15) is 4.73 Å². The molecule has 1 saturated heterocycles. The first-order chi connectivity index (χ1) is 22.2. The highest BCUT2D eigenvalue weighted by atomic mass is 32.2. The van der Waals surface area contributed by atoms with E-state index in [9.17, 15) is 19.9 Å². The van der Waals surface area contributed by atoms with Crippen molar-refractivity contribution in [3.8, 4) is 11.1 Å². The van der Waals surface area contributed by atoms with Gasteiger partial charge in [0.15, 0.2) is 18.6 Å². The molecule has 46 heavy (non-hydrogen) atoms. The summed E-state index contributed by atoms with van der Waals surface area (Å²) >= 11 is 1.45. The zero-order chi connectivity index (χ0) is 32.6. The second kappa shape index (κ2) is 15.4. The summed E-state index contributed by atoms with van der Waals surface area (Å²) in [6, 6.07) is 28.9. The molecule has 0 unspecified atom stereocenters. The molecule has 5 rings (SSSR count). The van der Waals surface area contributed by atoms with Crippen LogP contribution in [-0.2, 0) is 37.0 Å². The number of rotatable bonds is 11. The van der Waals surface area contributed by atoms with Gasteiger partial charge in [-0.15, -0.1) is 0 Å². The Morgan fingerprint density at radius 2 is 1.67 bits per heavy atom. The van der Waals surface area contributed by atoms with Gasteiger partial charge in [-0.1, -0.05) is 91.5 Å². The third kappa shape index (κ3) is 8.13. The minimum Gasteiger partial charge on any atom is -0.618 e. The molecule has 0 spiro atoms. The van der Waals surface area contributed by atoms with Crippen molar-refractivity contribution in [3.05, 3.63) is 125 Å². The third-order valence-corrected chi connectivity index (χ3v) is 9.09. The van der Waals surface area contributed by atoms with Gasteiger partial charge in [0.05, 0.1) is 18.8 Å². The van der Waals surface area contributed by atoms with Crippen LogP contribution in [0.5, 0.6) is 0 Å². The number of hydrogen-bond acceptors (Lipinski definition) is 8. The Labute approximate surface area is 273 Å². The third-order valence-electron chi connectivity index (χ3n) is 7.98. The standard InChI is InChI=1S/C36H38N2O7S/c1-23-32(22-46-33-10-6-7-19-38(33)42)44-36(45-34(23)28-13-11-26(21-39)12-14-28)29-17-15-27(16-18-29)31-9-5-4-8-30(31)20-37-35(41)24(2)43-25(3)40/h4-19,23-24,32,34,36,39H,20-22H2,1-3H3,(H,37,41)/t23-,24-,32+,34+,36+/m0/s1. The van der Waals surface area contributed by atoms with Gasteiger partial charge in [-0.3, -0.25) is 9.59 Å². The van der Waals surface area contributed by atoms with Crippen LogP contribution >= 0.6 is 11.8 Å². The Bertz CT molecular complexity index is 1630. The number of esters is 1.